The Bertz CT molecular complexity index is 1120. The van der Waals surface area contributed by atoms with Gasteiger partial charge in [-0.25, -0.2) is 4.79 Å². The second-order valence-corrected chi connectivity index (χ2v) is 6.55. The summed E-state index contributed by atoms with van der Waals surface area (Å²) in [5.74, 6) is -1.18. The predicted molar refractivity (Wildman–Crippen MR) is 113 cm³/mol. The van der Waals surface area contributed by atoms with Crippen molar-refractivity contribution >= 4 is 29.3 Å². The monoisotopic (exact) mass is 424 g/mol. The number of carbonyl (C=O) groups excluding carboxylic acids is 2. The summed E-state index contributed by atoms with van der Waals surface area (Å²) >= 11 is 0. The van der Waals surface area contributed by atoms with Gasteiger partial charge in [0, 0.05) is 29.1 Å². The standard InChI is InChI=1S/C22H20N2O7/c1-4-31-18-7-5-6-14(20(18)25)12-17-19(22(27)30-3)13(2)23(21(17)26)15-8-10-16(11-9-15)24(28)29/h5-12,25H,4H2,1-3H3. The summed E-state index contributed by atoms with van der Waals surface area (Å²) in [7, 11) is 1.20. The molecule has 1 heterocycles. The number of aromatic hydroxyl groups is 1. The maximum atomic E-state index is 13.3. The molecular formula is C22H20N2O7. The molecule has 0 aromatic heterocycles. The van der Waals surface area contributed by atoms with Crippen molar-refractivity contribution in [2.45, 2.75) is 13.8 Å². The fourth-order valence-corrected chi connectivity index (χ4v) is 3.30. The molecule has 1 aliphatic rings. The first kappa shape index (κ1) is 21.6. The summed E-state index contributed by atoms with van der Waals surface area (Å²) in [6.45, 7) is 3.68. The highest BCUT2D eigenvalue weighted by atomic mass is 16.6. The highest BCUT2D eigenvalue weighted by molar-refractivity contribution is 6.24. The third kappa shape index (κ3) is 3.97. The lowest BCUT2D eigenvalue weighted by molar-refractivity contribution is -0.384. The van der Waals surface area contributed by atoms with E-state index in [1.165, 1.54) is 42.4 Å². The van der Waals surface area contributed by atoms with Crippen molar-refractivity contribution in [3.63, 3.8) is 0 Å². The number of nitro groups is 1. The number of phenols is 1. The van der Waals surface area contributed by atoms with Gasteiger partial charge in [-0.3, -0.25) is 19.8 Å². The average Bonchev–Trinajstić information content (AvgIpc) is 3.00. The van der Waals surface area contributed by atoms with Crippen LogP contribution in [0.2, 0.25) is 0 Å². The quantitative estimate of drug-likeness (QED) is 0.326. The number of methoxy groups -OCH3 is 1. The van der Waals surface area contributed by atoms with Crippen LogP contribution in [0.25, 0.3) is 6.08 Å². The first-order valence-corrected chi connectivity index (χ1v) is 9.35. The third-order valence-electron chi connectivity index (χ3n) is 4.74. The number of benzene rings is 2. The lowest BCUT2D eigenvalue weighted by Crippen LogP contribution is -2.24. The van der Waals surface area contributed by atoms with Gasteiger partial charge in [0.15, 0.2) is 11.5 Å². The van der Waals surface area contributed by atoms with E-state index >= 15 is 0 Å². The number of amides is 1. The van der Waals surface area contributed by atoms with E-state index < -0.39 is 16.8 Å². The van der Waals surface area contributed by atoms with Gasteiger partial charge < -0.3 is 14.6 Å². The summed E-state index contributed by atoms with van der Waals surface area (Å²) in [6.07, 6.45) is 1.39. The van der Waals surface area contributed by atoms with Crippen LogP contribution in [-0.4, -0.2) is 35.6 Å². The molecule has 0 unspecified atom stereocenters. The third-order valence-corrected chi connectivity index (χ3v) is 4.74. The molecule has 9 heteroatoms. The summed E-state index contributed by atoms with van der Waals surface area (Å²) in [6, 6.07) is 10.2. The van der Waals surface area contributed by atoms with Crippen LogP contribution in [0.15, 0.2) is 59.3 Å². The van der Waals surface area contributed by atoms with E-state index in [1.807, 2.05) is 0 Å². The number of hydrogen-bond donors (Lipinski definition) is 1. The Morgan fingerprint density at radius 3 is 2.48 bits per heavy atom. The molecule has 0 radical (unpaired) electrons. The van der Waals surface area contributed by atoms with Gasteiger partial charge in [0.2, 0.25) is 0 Å². The normalized spacial score (nSPS) is 14.9. The Hall–Kier alpha value is -4.14. The molecular weight excluding hydrogens is 404 g/mol. The van der Waals surface area contributed by atoms with Gasteiger partial charge in [0.25, 0.3) is 11.6 Å². The van der Waals surface area contributed by atoms with Crippen molar-refractivity contribution in [3.8, 4) is 11.5 Å². The van der Waals surface area contributed by atoms with E-state index in [0.29, 0.717) is 18.0 Å². The molecule has 1 amide bonds. The number of ether oxygens (including phenoxy) is 2. The molecule has 0 saturated heterocycles. The zero-order valence-electron chi connectivity index (χ0n) is 17.1. The summed E-state index contributed by atoms with van der Waals surface area (Å²) < 4.78 is 10.2. The molecule has 1 aliphatic heterocycles. The van der Waals surface area contributed by atoms with Crippen LogP contribution in [0.3, 0.4) is 0 Å². The molecule has 0 fully saturated rings. The number of nitrogens with zero attached hydrogens (tertiary/aromatic N) is 2. The van der Waals surface area contributed by atoms with Gasteiger partial charge in [-0.15, -0.1) is 0 Å². The Morgan fingerprint density at radius 2 is 1.90 bits per heavy atom. The number of hydrogen-bond acceptors (Lipinski definition) is 7. The van der Waals surface area contributed by atoms with E-state index in [2.05, 4.69) is 0 Å². The van der Waals surface area contributed by atoms with Crippen molar-refractivity contribution in [1.29, 1.82) is 0 Å². The summed E-state index contributed by atoms with van der Waals surface area (Å²) in [4.78, 5) is 37.4. The van der Waals surface area contributed by atoms with Crippen LogP contribution in [0, 0.1) is 10.1 Å². The highest BCUT2D eigenvalue weighted by Crippen LogP contribution is 2.38. The Balaban J connectivity index is 2.12. The highest BCUT2D eigenvalue weighted by Gasteiger charge is 2.38. The maximum Gasteiger partial charge on any atom is 0.340 e. The molecule has 2 aromatic carbocycles. The van der Waals surface area contributed by atoms with Crippen LogP contribution in [0.1, 0.15) is 19.4 Å². The SMILES string of the molecule is CCOc1cccc(C=C2C(=O)N(c3ccc([N+](=O)[O-])cc3)C(C)=C2C(=O)OC)c1O. The number of rotatable bonds is 6. The molecule has 31 heavy (non-hydrogen) atoms. The van der Waals surface area contributed by atoms with Crippen molar-refractivity contribution in [1.82, 2.24) is 0 Å². The number of phenolic OH excluding ortho intramolecular Hbond substituents is 1. The van der Waals surface area contributed by atoms with Crippen molar-refractivity contribution < 1.29 is 29.1 Å². The average molecular weight is 424 g/mol. The topological polar surface area (TPSA) is 119 Å². The van der Waals surface area contributed by atoms with Gasteiger partial charge in [-0.2, -0.15) is 0 Å². The lowest BCUT2D eigenvalue weighted by Gasteiger charge is -2.17. The molecule has 9 nitrogen and oxygen atoms in total. The molecule has 0 aliphatic carbocycles. The van der Waals surface area contributed by atoms with Gasteiger partial charge >= 0.3 is 5.97 Å². The first-order valence-electron chi connectivity index (χ1n) is 9.35. The van der Waals surface area contributed by atoms with Gasteiger partial charge in [0.1, 0.15) is 0 Å². The number of esters is 1. The second kappa shape index (κ2) is 8.70. The summed E-state index contributed by atoms with van der Waals surface area (Å²) in [5, 5.41) is 21.4. The number of anilines is 1. The maximum absolute atomic E-state index is 13.3. The zero-order valence-corrected chi connectivity index (χ0v) is 17.1. The van der Waals surface area contributed by atoms with Crippen LogP contribution >= 0.6 is 0 Å². The minimum Gasteiger partial charge on any atom is -0.504 e. The minimum absolute atomic E-state index is 0.0200. The van der Waals surface area contributed by atoms with E-state index in [0.717, 1.165) is 0 Å². The van der Waals surface area contributed by atoms with E-state index in [-0.39, 0.29) is 33.9 Å². The molecule has 3 rings (SSSR count). The Morgan fingerprint density at radius 1 is 1.23 bits per heavy atom. The number of nitro benzene ring substituents is 1. The van der Waals surface area contributed by atoms with E-state index in [9.17, 15) is 24.8 Å². The van der Waals surface area contributed by atoms with Crippen molar-refractivity contribution in [2.24, 2.45) is 0 Å². The minimum atomic E-state index is -0.720. The van der Waals surface area contributed by atoms with Gasteiger partial charge in [0.05, 0.1) is 29.8 Å². The smallest absolute Gasteiger partial charge is 0.340 e. The lowest BCUT2D eigenvalue weighted by atomic mass is 10.0. The first-order chi connectivity index (χ1) is 14.8. The van der Waals surface area contributed by atoms with Gasteiger partial charge in [-0.1, -0.05) is 12.1 Å². The molecule has 0 atom stereocenters. The second-order valence-electron chi connectivity index (χ2n) is 6.55. The van der Waals surface area contributed by atoms with Crippen LogP contribution in [0.4, 0.5) is 11.4 Å². The molecule has 160 valence electrons. The van der Waals surface area contributed by atoms with Gasteiger partial charge in [-0.05, 0) is 38.1 Å². The predicted octanol–water partition coefficient (Wildman–Crippen LogP) is 3.58. The van der Waals surface area contributed by atoms with Crippen LogP contribution < -0.4 is 9.64 Å². The number of carbonyl (C=O) groups is 2. The summed E-state index contributed by atoms with van der Waals surface area (Å²) in [5.41, 5.74) is 0.869. The molecule has 0 bridgehead atoms. The number of para-hydroxylation sites is 1. The zero-order chi connectivity index (χ0) is 22.7. The van der Waals surface area contributed by atoms with Crippen LogP contribution in [0.5, 0.6) is 11.5 Å². The largest absolute Gasteiger partial charge is 0.504 e. The molecule has 0 spiro atoms. The van der Waals surface area contributed by atoms with Crippen molar-refractivity contribution in [2.75, 3.05) is 18.6 Å². The molecule has 2 aromatic rings. The Labute approximate surface area is 178 Å². The van der Waals surface area contributed by atoms with E-state index in [1.54, 1.807) is 32.0 Å². The Kier molecular flexibility index (Phi) is 6.05. The molecule has 0 saturated carbocycles. The van der Waals surface area contributed by atoms with E-state index in [4.69, 9.17) is 9.47 Å². The fourth-order valence-electron chi connectivity index (χ4n) is 3.30. The molecule has 1 N–H and O–H groups in total. The number of allylic oxidation sites excluding steroid dienone is 1. The van der Waals surface area contributed by atoms with Crippen molar-refractivity contribution in [3.05, 3.63) is 75.0 Å². The number of non-ortho nitro benzene ring substituents is 1. The fraction of sp³-hybridized carbons (Fsp3) is 0.182. The van der Waals surface area contributed by atoms with Crippen LogP contribution in [-0.2, 0) is 14.3 Å².